The molecule has 35 heavy (non-hydrogen) atoms. The monoisotopic (exact) mass is 472 g/mol. The van der Waals surface area contributed by atoms with Crippen LogP contribution < -0.4 is 10.6 Å². The number of nitrogens with one attached hydrogen (secondary N) is 2. The van der Waals surface area contributed by atoms with Crippen molar-refractivity contribution in [2.75, 3.05) is 6.61 Å². The van der Waals surface area contributed by atoms with E-state index in [0.29, 0.717) is 5.56 Å². The Hall–Kier alpha value is -4.13. The minimum Gasteiger partial charge on any atom is -0.480 e. The zero-order valence-electron chi connectivity index (χ0n) is 19.7. The highest BCUT2D eigenvalue weighted by Crippen LogP contribution is 2.44. The van der Waals surface area contributed by atoms with Crippen LogP contribution in [0.4, 0.5) is 4.79 Å². The lowest BCUT2D eigenvalue weighted by atomic mass is 9.98. The average Bonchev–Trinajstić information content (AvgIpc) is 3.16. The fourth-order valence-corrected chi connectivity index (χ4v) is 4.36. The smallest absolute Gasteiger partial charge is 0.407 e. The van der Waals surface area contributed by atoms with E-state index in [1.54, 1.807) is 24.3 Å². The first-order chi connectivity index (χ1) is 16.8. The third-order valence-electron chi connectivity index (χ3n) is 6.21. The summed E-state index contributed by atoms with van der Waals surface area (Å²) in [4.78, 5) is 36.8. The molecule has 0 heterocycles. The molecule has 0 aliphatic heterocycles. The van der Waals surface area contributed by atoms with Crippen LogP contribution in [0.5, 0.6) is 0 Å². The summed E-state index contributed by atoms with van der Waals surface area (Å²) in [6, 6.07) is 24.5. The van der Waals surface area contributed by atoms with Gasteiger partial charge in [0.2, 0.25) is 5.91 Å². The van der Waals surface area contributed by atoms with E-state index in [1.807, 2.05) is 42.5 Å². The van der Waals surface area contributed by atoms with Crippen molar-refractivity contribution in [1.82, 2.24) is 10.6 Å². The third kappa shape index (κ3) is 5.35. The SMILES string of the molecule is CC(C)(NC(=O)CC(NC(=O)OCC1c2ccccc2-c2ccccc21)c1ccccc1)C(=O)O. The van der Waals surface area contributed by atoms with Gasteiger partial charge in [-0.25, -0.2) is 9.59 Å². The number of aliphatic carboxylic acids is 1. The highest BCUT2D eigenvalue weighted by atomic mass is 16.5. The molecular formula is C28H28N2O5. The maximum atomic E-state index is 12.8. The molecule has 0 spiro atoms. The van der Waals surface area contributed by atoms with Gasteiger partial charge in [-0.05, 0) is 41.7 Å². The summed E-state index contributed by atoms with van der Waals surface area (Å²) >= 11 is 0. The number of alkyl carbamates (subject to hydrolysis) is 1. The van der Waals surface area contributed by atoms with Crippen molar-refractivity contribution in [3.05, 3.63) is 95.6 Å². The summed E-state index contributed by atoms with van der Waals surface area (Å²) in [5.41, 5.74) is 3.77. The molecule has 1 aliphatic rings. The number of carboxylic acid groups (broad SMARTS) is 1. The number of carbonyl (C=O) groups is 3. The van der Waals surface area contributed by atoms with Gasteiger partial charge < -0.3 is 20.5 Å². The number of hydrogen-bond donors (Lipinski definition) is 3. The first-order valence-corrected chi connectivity index (χ1v) is 11.5. The quantitative estimate of drug-likeness (QED) is 0.443. The number of carbonyl (C=O) groups excluding carboxylic acids is 2. The molecule has 1 aliphatic carbocycles. The van der Waals surface area contributed by atoms with Crippen molar-refractivity contribution in [1.29, 1.82) is 0 Å². The van der Waals surface area contributed by atoms with Gasteiger partial charge in [-0.1, -0.05) is 78.9 Å². The van der Waals surface area contributed by atoms with Gasteiger partial charge in [-0.3, -0.25) is 4.79 Å². The van der Waals surface area contributed by atoms with Crippen LogP contribution in [0, 0.1) is 0 Å². The fourth-order valence-electron chi connectivity index (χ4n) is 4.36. The third-order valence-corrected chi connectivity index (χ3v) is 6.21. The van der Waals surface area contributed by atoms with Crippen LogP contribution in [0.2, 0.25) is 0 Å². The van der Waals surface area contributed by atoms with Gasteiger partial charge >= 0.3 is 12.1 Å². The highest BCUT2D eigenvalue weighted by Gasteiger charge is 2.31. The predicted molar refractivity (Wildman–Crippen MR) is 132 cm³/mol. The second kappa shape index (κ2) is 10.0. The minimum atomic E-state index is -1.43. The summed E-state index contributed by atoms with van der Waals surface area (Å²) < 4.78 is 5.64. The summed E-state index contributed by atoms with van der Waals surface area (Å²) in [6.45, 7) is 2.97. The standard InChI is InChI=1S/C28H28N2O5/c1-28(2,26(32)33)30-25(31)16-24(18-10-4-3-5-11-18)29-27(34)35-17-23-21-14-8-6-12-19(21)20-13-7-9-15-22(20)23/h3-15,23-24H,16-17H2,1-2H3,(H,29,34)(H,30,31)(H,32,33). The maximum Gasteiger partial charge on any atom is 0.407 e. The van der Waals surface area contributed by atoms with E-state index in [4.69, 9.17) is 4.74 Å². The molecule has 180 valence electrons. The number of hydrogen-bond acceptors (Lipinski definition) is 4. The van der Waals surface area contributed by atoms with Crippen molar-refractivity contribution < 1.29 is 24.2 Å². The van der Waals surface area contributed by atoms with Crippen molar-refractivity contribution in [2.24, 2.45) is 0 Å². The van der Waals surface area contributed by atoms with Crippen molar-refractivity contribution in [3.8, 4) is 11.1 Å². The molecule has 0 saturated carbocycles. The Kier molecular flexibility index (Phi) is 6.87. The largest absolute Gasteiger partial charge is 0.480 e. The van der Waals surface area contributed by atoms with E-state index in [1.165, 1.54) is 13.8 Å². The Morgan fingerprint density at radius 1 is 0.886 bits per heavy atom. The van der Waals surface area contributed by atoms with E-state index in [0.717, 1.165) is 22.3 Å². The molecule has 7 heteroatoms. The van der Waals surface area contributed by atoms with E-state index in [9.17, 15) is 19.5 Å². The van der Waals surface area contributed by atoms with Crippen molar-refractivity contribution in [3.63, 3.8) is 0 Å². The van der Waals surface area contributed by atoms with Crippen LogP contribution in [-0.2, 0) is 14.3 Å². The van der Waals surface area contributed by atoms with E-state index >= 15 is 0 Å². The van der Waals surface area contributed by atoms with Gasteiger partial charge in [-0.2, -0.15) is 0 Å². The van der Waals surface area contributed by atoms with Gasteiger partial charge in [0.1, 0.15) is 12.1 Å². The normalized spacial score (nSPS) is 13.3. The molecule has 0 radical (unpaired) electrons. The van der Waals surface area contributed by atoms with Gasteiger partial charge in [0, 0.05) is 5.92 Å². The lowest BCUT2D eigenvalue weighted by Gasteiger charge is -2.24. The molecule has 0 saturated heterocycles. The molecule has 3 N–H and O–H groups in total. The van der Waals surface area contributed by atoms with Gasteiger partial charge in [0.25, 0.3) is 0 Å². The Morgan fingerprint density at radius 2 is 1.43 bits per heavy atom. The zero-order chi connectivity index (χ0) is 25.0. The second-order valence-electron chi connectivity index (χ2n) is 9.12. The Labute approximate surface area is 204 Å². The average molecular weight is 473 g/mol. The number of rotatable bonds is 8. The van der Waals surface area contributed by atoms with Crippen LogP contribution in [0.25, 0.3) is 11.1 Å². The number of amides is 2. The van der Waals surface area contributed by atoms with E-state index in [-0.39, 0.29) is 18.9 Å². The molecule has 1 atom stereocenters. The topological polar surface area (TPSA) is 105 Å². The summed E-state index contributed by atoms with van der Waals surface area (Å²) in [6.07, 6.45) is -0.781. The summed E-state index contributed by atoms with van der Waals surface area (Å²) in [7, 11) is 0. The molecule has 0 aromatic heterocycles. The van der Waals surface area contributed by atoms with Crippen LogP contribution in [-0.4, -0.2) is 35.2 Å². The number of carboxylic acids is 1. The van der Waals surface area contributed by atoms with Crippen LogP contribution in [0.3, 0.4) is 0 Å². The predicted octanol–water partition coefficient (Wildman–Crippen LogP) is 4.64. The van der Waals surface area contributed by atoms with Gasteiger partial charge in [0.05, 0.1) is 12.5 Å². The van der Waals surface area contributed by atoms with Crippen LogP contribution >= 0.6 is 0 Å². The summed E-state index contributed by atoms with van der Waals surface area (Å²) in [5.74, 6) is -1.72. The number of benzene rings is 3. The lowest BCUT2D eigenvalue weighted by Crippen LogP contribution is -2.50. The Bertz CT molecular complexity index is 1190. The molecule has 3 aromatic rings. The zero-order valence-corrected chi connectivity index (χ0v) is 19.7. The molecule has 3 aromatic carbocycles. The summed E-state index contributed by atoms with van der Waals surface area (Å²) in [5, 5.41) is 14.6. The highest BCUT2D eigenvalue weighted by molar-refractivity contribution is 5.87. The molecule has 1 unspecified atom stereocenters. The Balaban J connectivity index is 1.45. The molecule has 7 nitrogen and oxygen atoms in total. The van der Waals surface area contributed by atoms with Crippen molar-refractivity contribution in [2.45, 2.75) is 37.8 Å². The van der Waals surface area contributed by atoms with Gasteiger partial charge in [0.15, 0.2) is 0 Å². The van der Waals surface area contributed by atoms with Crippen molar-refractivity contribution >= 4 is 18.0 Å². The minimum absolute atomic E-state index is 0.0806. The first kappa shape index (κ1) is 24.0. The molecular weight excluding hydrogens is 444 g/mol. The lowest BCUT2D eigenvalue weighted by molar-refractivity contribution is -0.146. The Morgan fingerprint density at radius 3 is 2.00 bits per heavy atom. The number of ether oxygens (including phenoxy) is 1. The molecule has 2 amide bonds. The molecule has 0 bridgehead atoms. The van der Waals surface area contributed by atoms with Crippen LogP contribution in [0.1, 0.15) is 48.9 Å². The number of fused-ring (bicyclic) bond motifs is 3. The molecule has 4 rings (SSSR count). The van der Waals surface area contributed by atoms with E-state index < -0.39 is 29.6 Å². The first-order valence-electron chi connectivity index (χ1n) is 11.5. The molecule has 0 fully saturated rings. The maximum absolute atomic E-state index is 12.8. The fraction of sp³-hybridized carbons (Fsp3) is 0.250. The second-order valence-corrected chi connectivity index (χ2v) is 9.12. The van der Waals surface area contributed by atoms with Crippen LogP contribution in [0.15, 0.2) is 78.9 Å². The van der Waals surface area contributed by atoms with Gasteiger partial charge in [-0.15, -0.1) is 0 Å². The van der Waals surface area contributed by atoms with E-state index in [2.05, 4.69) is 22.8 Å².